The zero-order valence-electron chi connectivity index (χ0n) is 11.4. The second-order valence-electron chi connectivity index (χ2n) is 4.34. The van der Waals surface area contributed by atoms with Gasteiger partial charge in [0.2, 0.25) is 0 Å². The molecule has 2 nitrogen and oxygen atoms in total. The van der Waals surface area contributed by atoms with E-state index in [1.54, 1.807) is 0 Å². The number of pyridine rings is 1. The van der Waals surface area contributed by atoms with Gasteiger partial charge in [0, 0.05) is 17.2 Å². The predicted octanol–water partition coefficient (Wildman–Crippen LogP) is 3.86. The molecule has 2 rings (SSSR count). The molecule has 0 bridgehead atoms. The van der Waals surface area contributed by atoms with Crippen LogP contribution in [0.4, 0.5) is 0 Å². The van der Waals surface area contributed by atoms with Crippen molar-refractivity contribution in [2.24, 2.45) is 0 Å². The highest BCUT2D eigenvalue weighted by atomic mass is 32.2. The molecule has 1 aromatic carbocycles. The van der Waals surface area contributed by atoms with Crippen LogP contribution in [0.3, 0.4) is 0 Å². The molecule has 20 heavy (non-hydrogen) atoms. The molecular formula is C16H16NOS2+. The first-order valence-corrected chi connectivity index (χ1v) is 7.82. The summed E-state index contributed by atoms with van der Waals surface area (Å²) in [6.45, 7) is 2.01. The van der Waals surface area contributed by atoms with Crippen molar-refractivity contribution in [1.82, 2.24) is 0 Å². The lowest BCUT2D eigenvalue weighted by Gasteiger charge is -2.06. The van der Waals surface area contributed by atoms with Crippen LogP contribution < -0.4 is 4.57 Å². The highest BCUT2D eigenvalue weighted by Gasteiger charge is 2.22. The Bertz CT molecular complexity index is 651. The second-order valence-corrected chi connectivity index (χ2v) is 5.83. The quantitative estimate of drug-likeness (QED) is 0.403. The normalized spacial score (nSPS) is 11.9. The highest BCUT2D eigenvalue weighted by molar-refractivity contribution is 8.23. The molecule has 0 amide bonds. The summed E-state index contributed by atoms with van der Waals surface area (Å²) in [6, 6.07) is 13.4. The molecule has 0 fully saturated rings. The summed E-state index contributed by atoms with van der Waals surface area (Å²) in [6.07, 6.45) is 5.76. The van der Waals surface area contributed by atoms with Crippen molar-refractivity contribution in [1.29, 1.82) is 0 Å². The number of hydrogen-bond donors (Lipinski definition) is 1. The predicted molar refractivity (Wildman–Crippen MR) is 89.7 cm³/mol. The second kappa shape index (κ2) is 6.68. The Hall–Kier alpha value is -1.65. The third-order valence-electron chi connectivity index (χ3n) is 2.86. The first-order chi connectivity index (χ1) is 9.63. The molecule has 0 radical (unpaired) electrons. The topological polar surface area (TPSA) is 24.1 Å². The minimum absolute atomic E-state index is 0.195. The van der Waals surface area contributed by atoms with Crippen LogP contribution in [0.15, 0.2) is 54.9 Å². The molecule has 2 aromatic rings. The summed E-state index contributed by atoms with van der Waals surface area (Å²) in [5.41, 5.74) is 2.50. The van der Waals surface area contributed by atoms with Crippen LogP contribution in [0.2, 0.25) is 0 Å². The number of aliphatic hydroxyl groups excluding tert-OH is 1. The molecule has 0 atom stereocenters. The van der Waals surface area contributed by atoms with Gasteiger partial charge in [0.15, 0.2) is 18.2 Å². The van der Waals surface area contributed by atoms with Gasteiger partial charge in [-0.1, -0.05) is 42.5 Å². The number of thiocarbonyl (C=S) groups is 1. The van der Waals surface area contributed by atoms with Crippen LogP contribution in [-0.4, -0.2) is 15.6 Å². The van der Waals surface area contributed by atoms with Crippen LogP contribution in [-0.2, 0) is 0 Å². The lowest BCUT2D eigenvalue weighted by molar-refractivity contribution is -0.576. The largest absolute Gasteiger partial charge is 0.502 e. The molecule has 0 spiro atoms. The Labute approximate surface area is 128 Å². The van der Waals surface area contributed by atoms with Gasteiger partial charge in [-0.3, -0.25) is 0 Å². The number of benzene rings is 1. The SMILES string of the molecule is CSC(=S)/C(=C(/O)c1ccccc1)[n+]1cccc(C)c1. The van der Waals surface area contributed by atoms with Gasteiger partial charge in [0.25, 0.3) is 5.70 Å². The Balaban J connectivity index is 2.62. The van der Waals surface area contributed by atoms with Crippen molar-refractivity contribution in [2.75, 3.05) is 6.26 Å². The maximum absolute atomic E-state index is 10.6. The van der Waals surface area contributed by atoms with Crippen LogP contribution in [0.25, 0.3) is 11.5 Å². The summed E-state index contributed by atoms with van der Waals surface area (Å²) in [5.74, 6) is 0.195. The summed E-state index contributed by atoms with van der Waals surface area (Å²) < 4.78 is 2.53. The molecular weight excluding hydrogens is 286 g/mol. The van der Waals surface area contributed by atoms with Crippen molar-refractivity contribution in [3.05, 3.63) is 66.0 Å². The maximum Gasteiger partial charge on any atom is 0.278 e. The van der Waals surface area contributed by atoms with E-state index in [-0.39, 0.29) is 5.76 Å². The van der Waals surface area contributed by atoms with Crippen LogP contribution in [0.5, 0.6) is 0 Å². The Morgan fingerprint density at radius 2 is 1.85 bits per heavy atom. The molecule has 1 aromatic heterocycles. The Morgan fingerprint density at radius 1 is 1.15 bits per heavy atom. The molecule has 0 aliphatic heterocycles. The van der Waals surface area contributed by atoms with Crippen molar-refractivity contribution < 1.29 is 9.67 Å². The summed E-state index contributed by atoms with van der Waals surface area (Å²) in [7, 11) is 0. The van der Waals surface area contributed by atoms with Gasteiger partial charge in [-0.2, -0.15) is 4.57 Å². The van der Waals surface area contributed by atoms with Crippen molar-refractivity contribution in [2.45, 2.75) is 6.92 Å². The van der Waals surface area contributed by atoms with E-state index in [2.05, 4.69) is 0 Å². The van der Waals surface area contributed by atoms with E-state index in [9.17, 15) is 5.11 Å². The number of aliphatic hydroxyl groups is 1. The summed E-state index contributed by atoms with van der Waals surface area (Å²) in [5, 5.41) is 10.6. The van der Waals surface area contributed by atoms with Gasteiger partial charge in [0.05, 0.1) is 0 Å². The van der Waals surface area contributed by atoms with Crippen LogP contribution in [0, 0.1) is 6.92 Å². The van der Waals surface area contributed by atoms with Gasteiger partial charge in [0.1, 0.15) is 4.20 Å². The molecule has 0 saturated carbocycles. The third-order valence-corrected chi connectivity index (χ3v) is 4.11. The van der Waals surface area contributed by atoms with Crippen LogP contribution >= 0.6 is 24.0 Å². The van der Waals surface area contributed by atoms with Gasteiger partial charge in [-0.15, -0.1) is 11.8 Å². The molecule has 0 aliphatic rings. The molecule has 102 valence electrons. The fourth-order valence-electron chi connectivity index (χ4n) is 1.89. The van der Waals surface area contributed by atoms with E-state index in [1.807, 2.05) is 72.6 Å². The molecule has 4 heteroatoms. The summed E-state index contributed by atoms with van der Waals surface area (Å²) in [4.78, 5) is 0. The number of aromatic nitrogens is 1. The molecule has 1 heterocycles. The van der Waals surface area contributed by atoms with E-state index in [0.29, 0.717) is 9.89 Å². The lowest BCUT2D eigenvalue weighted by Crippen LogP contribution is -2.35. The fourth-order valence-corrected chi connectivity index (χ4v) is 2.48. The van der Waals surface area contributed by atoms with E-state index >= 15 is 0 Å². The molecule has 0 unspecified atom stereocenters. The third kappa shape index (κ3) is 3.26. The minimum Gasteiger partial charge on any atom is -0.502 e. The number of aryl methyl sites for hydroxylation is 1. The van der Waals surface area contributed by atoms with Crippen molar-refractivity contribution in [3.8, 4) is 0 Å². The van der Waals surface area contributed by atoms with E-state index in [1.165, 1.54) is 11.8 Å². The maximum atomic E-state index is 10.6. The number of hydrogen-bond acceptors (Lipinski definition) is 3. The Morgan fingerprint density at radius 3 is 2.45 bits per heavy atom. The van der Waals surface area contributed by atoms with E-state index < -0.39 is 0 Å². The standard InChI is InChI=1S/C16H15NOS2/c1-12-7-6-10-17(11-12)14(16(19)20-2)15(18)13-8-4-3-5-9-13/h3-11H,1-2H3/p+1. The lowest BCUT2D eigenvalue weighted by atomic mass is 10.1. The average Bonchev–Trinajstić information content (AvgIpc) is 2.48. The van der Waals surface area contributed by atoms with Gasteiger partial charge >= 0.3 is 0 Å². The number of rotatable bonds is 3. The highest BCUT2D eigenvalue weighted by Crippen LogP contribution is 2.21. The summed E-state index contributed by atoms with van der Waals surface area (Å²) >= 11 is 6.85. The molecule has 0 saturated heterocycles. The zero-order valence-corrected chi connectivity index (χ0v) is 13.0. The average molecular weight is 302 g/mol. The van der Waals surface area contributed by atoms with E-state index in [4.69, 9.17) is 12.2 Å². The van der Waals surface area contributed by atoms with Gasteiger partial charge in [-0.25, -0.2) is 0 Å². The first kappa shape index (κ1) is 14.8. The van der Waals surface area contributed by atoms with E-state index in [0.717, 1.165) is 11.1 Å². The zero-order chi connectivity index (χ0) is 14.5. The fraction of sp³-hybridized carbons (Fsp3) is 0.125. The van der Waals surface area contributed by atoms with Gasteiger partial charge < -0.3 is 5.11 Å². The van der Waals surface area contributed by atoms with Crippen molar-refractivity contribution >= 4 is 39.6 Å². The molecule has 0 aliphatic carbocycles. The minimum atomic E-state index is 0.195. The number of nitrogens with zero attached hydrogens (tertiary/aromatic N) is 1. The van der Waals surface area contributed by atoms with Gasteiger partial charge in [-0.05, 0) is 19.2 Å². The Kier molecular flexibility index (Phi) is 4.93. The van der Waals surface area contributed by atoms with Crippen molar-refractivity contribution in [3.63, 3.8) is 0 Å². The number of thioether (sulfide) groups is 1. The first-order valence-electron chi connectivity index (χ1n) is 6.18. The monoisotopic (exact) mass is 302 g/mol. The molecule has 1 N–H and O–H groups in total. The van der Waals surface area contributed by atoms with Crippen LogP contribution in [0.1, 0.15) is 11.1 Å². The smallest absolute Gasteiger partial charge is 0.278 e.